The van der Waals surface area contributed by atoms with E-state index in [2.05, 4.69) is 5.32 Å². The van der Waals surface area contributed by atoms with Crippen LogP contribution in [0.2, 0.25) is 0 Å². The normalized spacial score (nSPS) is 9.00. The summed E-state index contributed by atoms with van der Waals surface area (Å²) in [6, 6.07) is 0. The van der Waals surface area contributed by atoms with Gasteiger partial charge in [-0.1, -0.05) is 6.92 Å². The number of hydrogen-bond donors (Lipinski definition) is 1. The lowest BCUT2D eigenvalue weighted by Crippen LogP contribution is -2.24. The zero-order chi connectivity index (χ0) is 7.98. The van der Waals surface area contributed by atoms with Gasteiger partial charge in [0.2, 0.25) is 11.1 Å². The van der Waals surface area contributed by atoms with E-state index in [4.69, 9.17) is 11.6 Å². The molecule has 0 aliphatic rings. The number of carbonyl (C=O) groups is 2. The Morgan fingerprint density at radius 2 is 2.10 bits per heavy atom. The van der Waals surface area contributed by atoms with E-state index in [1.807, 2.05) is 0 Å². The predicted molar refractivity (Wildman–Crippen MR) is 38.8 cm³/mol. The molecule has 0 aliphatic heterocycles. The van der Waals surface area contributed by atoms with Crippen molar-refractivity contribution in [1.82, 2.24) is 5.32 Å². The minimum atomic E-state index is -0.420. The molecule has 0 aliphatic carbocycles. The average molecular weight is 164 g/mol. The molecule has 0 heterocycles. The number of amides is 1. The van der Waals surface area contributed by atoms with Gasteiger partial charge in [0.25, 0.3) is 0 Å². The molecule has 0 fully saturated rings. The standard InChI is InChI=1S/C6H10ClNO2/c1-2-6(10)8-4-3-5(7)9/h2-4H2,1H3,(H,8,10). The van der Waals surface area contributed by atoms with Gasteiger partial charge >= 0.3 is 0 Å². The van der Waals surface area contributed by atoms with Gasteiger partial charge in [0.15, 0.2) is 0 Å². The fourth-order valence-corrected chi connectivity index (χ4v) is 0.520. The van der Waals surface area contributed by atoms with Gasteiger partial charge in [-0.2, -0.15) is 0 Å². The van der Waals surface area contributed by atoms with Gasteiger partial charge in [-0.05, 0) is 11.6 Å². The minimum absolute atomic E-state index is 0.0575. The van der Waals surface area contributed by atoms with Crippen molar-refractivity contribution in [3.8, 4) is 0 Å². The molecule has 0 aromatic heterocycles. The fourth-order valence-electron chi connectivity index (χ4n) is 0.425. The highest BCUT2D eigenvalue weighted by Gasteiger charge is 1.97. The summed E-state index contributed by atoms with van der Waals surface area (Å²) < 4.78 is 0. The van der Waals surface area contributed by atoms with Crippen LogP contribution in [0.4, 0.5) is 0 Å². The highest BCUT2D eigenvalue weighted by atomic mass is 35.5. The molecule has 0 aromatic rings. The van der Waals surface area contributed by atoms with E-state index in [0.717, 1.165) is 0 Å². The Labute approximate surface area is 64.7 Å². The van der Waals surface area contributed by atoms with Gasteiger partial charge < -0.3 is 5.32 Å². The molecule has 58 valence electrons. The molecule has 1 amide bonds. The number of hydrogen-bond acceptors (Lipinski definition) is 2. The second-order valence-corrected chi connectivity index (χ2v) is 2.23. The van der Waals surface area contributed by atoms with E-state index in [-0.39, 0.29) is 12.3 Å². The Kier molecular flexibility index (Phi) is 4.94. The lowest BCUT2D eigenvalue weighted by atomic mass is 10.4. The Morgan fingerprint density at radius 3 is 2.50 bits per heavy atom. The Bertz CT molecular complexity index is 136. The molecule has 0 radical (unpaired) electrons. The third-order valence-electron chi connectivity index (χ3n) is 0.965. The van der Waals surface area contributed by atoms with E-state index in [1.54, 1.807) is 6.92 Å². The van der Waals surface area contributed by atoms with Crippen LogP contribution in [0.1, 0.15) is 19.8 Å². The summed E-state index contributed by atoms with van der Waals surface area (Å²) in [5.41, 5.74) is 0. The van der Waals surface area contributed by atoms with Crippen molar-refractivity contribution in [2.24, 2.45) is 0 Å². The van der Waals surface area contributed by atoms with Crippen molar-refractivity contribution in [3.63, 3.8) is 0 Å². The van der Waals surface area contributed by atoms with Crippen LogP contribution in [0, 0.1) is 0 Å². The predicted octanol–water partition coefficient (Wildman–Crippen LogP) is 0.668. The zero-order valence-corrected chi connectivity index (χ0v) is 6.57. The number of rotatable bonds is 4. The van der Waals surface area contributed by atoms with Crippen molar-refractivity contribution in [2.45, 2.75) is 19.8 Å². The van der Waals surface area contributed by atoms with Crippen molar-refractivity contribution in [2.75, 3.05) is 6.54 Å². The minimum Gasteiger partial charge on any atom is -0.356 e. The molecular weight excluding hydrogens is 154 g/mol. The molecule has 0 saturated heterocycles. The largest absolute Gasteiger partial charge is 0.356 e. The highest BCUT2D eigenvalue weighted by molar-refractivity contribution is 6.63. The first-order valence-electron chi connectivity index (χ1n) is 3.11. The van der Waals surface area contributed by atoms with Gasteiger partial charge in [0, 0.05) is 19.4 Å². The molecule has 0 unspecified atom stereocenters. The molecule has 3 nitrogen and oxygen atoms in total. The van der Waals surface area contributed by atoms with Crippen LogP contribution >= 0.6 is 11.6 Å². The molecule has 4 heteroatoms. The zero-order valence-electron chi connectivity index (χ0n) is 5.82. The summed E-state index contributed by atoms with van der Waals surface area (Å²) in [4.78, 5) is 20.7. The summed E-state index contributed by atoms with van der Waals surface area (Å²) in [5, 5.41) is 2.10. The second-order valence-electron chi connectivity index (χ2n) is 1.81. The van der Waals surface area contributed by atoms with E-state index < -0.39 is 5.24 Å². The maximum Gasteiger partial charge on any atom is 0.223 e. The molecule has 0 aromatic carbocycles. The fraction of sp³-hybridized carbons (Fsp3) is 0.667. The lowest BCUT2D eigenvalue weighted by Gasteiger charge is -1.98. The first-order valence-corrected chi connectivity index (χ1v) is 3.49. The Hall–Kier alpha value is -0.570. The number of halogens is 1. The molecule has 0 spiro atoms. The van der Waals surface area contributed by atoms with Crippen LogP contribution in [-0.2, 0) is 9.59 Å². The summed E-state index contributed by atoms with van der Waals surface area (Å²) >= 11 is 5.01. The molecule has 0 rings (SSSR count). The van der Waals surface area contributed by atoms with E-state index in [0.29, 0.717) is 13.0 Å². The topological polar surface area (TPSA) is 46.2 Å². The first-order chi connectivity index (χ1) is 4.66. The van der Waals surface area contributed by atoms with E-state index in [1.165, 1.54) is 0 Å². The van der Waals surface area contributed by atoms with Crippen molar-refractivity contribution in [1.29, 1.82) is 0 Å². The third-order valence-corrected chi connectivity index (χ3v) is 1.15. The molecule has 10 heavy (non-hydrogen) atoms. The van der Waals surface area contributed by atoms with Gasteiger partial charge in [-0.3, -0.25) is 9.59 Å². The molecule has 0 atom stereocenters. The lowest BCUT2D eigenvalue weighted by molar-refractivity contribution is -0.120. The quantitative estimate of drug-likeness (QED) is 0.620. The smallest absolute Gasteiger partial charge is 0.223 e. The molecule has 0 saturated carbocycles. The van der Waals surface area contributed by atoms with Crippen LogP contribution in [0.5, 0.6) is 0 Å². The summed E-state index contributed by atoms with van der Waals surface area (Å²) in [7, 11) is 0. The van der Waals surface area contributed by atoms with Crippen LogP contribution in [0.25, 0.3) is 0 Å². The summed E-state index contributed by atoms with van der Waals surface area (Å²) in [5.74, 6) is -0.0575. The average Bonchev–Trinajstić information content (AvgIpc) is 1.87. The molecule has 1 N–H and O–H groups in total. The van der Waals surface area contributed by atoms with E-state index in [9.17, 15) is 9.59 Å². The van der Waals surface area contributed by atoms with E-state index >= 15 is 0 Å². The van der Waals surface area contributed by atoms with Gasteiger partial charge in [-0.15, -0.1) is 0 Å². The summed E-state index contributed by atoms with van der Waals surface area (Å²) in [6.07, 6.45) is 0.643. The van der Waals surface area contributed by atoms with Crippen LogP contribution in [0.3, 0.4) is 0 Å². The van der Waals surface area contributed by atoms with Gasteiger partial charge in [-0.25, -0.2) is 0 Å². The Morgan fingerprint density at radius 1 is 1.50 bits per heavy atom. The van der Waals surface area contributed by atoms with Crippen LogP contribution < -0.4 is 5.32 Å². The van der Waals surface area contributed by atoms with Crippen molar-refractivity contribution < 1.29 is 9.59 Å². The second kappa shape index (κ2) is 5.23. The summed E-state index contributed by atoms with van der Waals surface area (Å²) in [6.45, 7) is 2.09. The number of carbonyl (C=O) groups excluding carboxylic acids is 2. The maximum atomic E-state index is 10.5. The highest BCUT2D eigenvalue weighted by Crippen LogP contribution is 1.85. The molecular formula is C6H10ClNO2. The Balaban J connectivity index is 3.20. The van der Waals surface area contributed by atoms with Crippen molar-refractivity contribution in [3.05, 3.63) is 0 Å². The SMILES string of the molecule is CCC(=O)NCCC(=O)Cl. The third kappa shape index (κ3) is 5.56. The van der Waals surface area contributed by atoms with Gasteiger partial charge in [0.05, 0.1) is 0 Å². The first kappa shape index (κ1) is 9.43. The van der Waals surface area contributed by atoms with Crippen LogP contribution in [-0.4, -0.2) is 17.7 Å². The maximum absolute atomic E-state index is 10.5. The van der Waals surface area contributed by atoms with Crippen LogP contribution in [0.15, 0.2) is 0 Å². The molecule has 0 bridgehead atoms. The van der Waals surface area contributed by atoms with Crippen molar-refractivity contribution >= 4 is 22.8 Å². The monoisotopic (exact) mass is 163 g/mol. The number of nitrogens with one attached hydrogen (secondary N) is 1. The van der Waals surface area contributed by atoms with Gasteiger partial charge in [0.1, 0.15) is 0 Å².